The molecule has 9 heteroatoms. The fourth-order valence-electron chi connectivity index (χ4n) is 0.763. The minimum atomic E-state index is -4.94. The van der Waals surface area contributed by atoms with Gasteiger partial charge in [-0.25, -0.2) is 9.97 Å². The summed E-state index contributed by atoms with van der Waals surface area (Å²) >= 11 is 3.04. The molecule has 1 aromatic heterocycles. The van der Waals surface area contributed by atoms with Crippen LogP contribution in [-0.2, 0) is 4.79 Å². The van der Waals surface area contributed by atoms with Gasteiger partial charge in [-0.15, -0.1) is 0 Å². The monoisotopic (exact) mass is 298 g/mol. The Morgan fingerprint density at radius 2 is 2.12 bits per heavy atom. The van der Waals surface area contributed by atoms with Crippen molar-refractivity contribution in [1.29, 1.82) is 0 Å². The van der Waals surface area contributed by atoms with Crippen molar-refractivity contribution in [2.24, 2.45) is 0 Å². The van der Waals surface area contributed by atoms with Crippen LogP contribution in [0.25, 0.3) is 0 Å². The number of carbonyl (C=O) groups is 1. The van der Waals surface area contributed by atoms with E-state index in [0.29, 0.717) is 10.3 Å². The molecule has 0 aliphatic rings. The zero-order chi connectivity index (χ0) is 12.3. The van der Waals surface area contributed by atoms with Crippen molar-refractivity contribution in [1.82, 2.24) is 15.4 Å². The van der Waals surface area contributed by atoms with Crippen LogP contribution >= 0.6 is 15.9 Å². The molecule has 88 valence electrons. The summed E-state index contributed by atoms with van der Waals surface area (Å²) in [6, 6.07) is 0. The van der Waals surface area contributed by atoms with Crippen molar-refractivity contribution in [2.45, 2.75) is 13.1 Å². The number of hydrazine groups is 1. The van der Waals surface area contributed by atoms with E-state index in [2.05, 4.69) is 25.9 Å². The third kappa shape index (κ3) is 3.33. The van der Waals surface area contributed by atoms with Gasteiger partial charge in [-0.05, 0) is 22.9 Å². The van der Waals surface area contributed by atoms with Crippen LogP contribution in [0.1, 0.15) is 5.69 Å². The van der Waals surface area contributed by atoms with Crippen LogP contribution in [0.15, 0.2) is 10.8 Å². The average molecular weight is 299 g/mol. The highest BCUT2D eigenvalue weighted by Crippen LogP contribution is 2.15. The van der Waals surface area contributed by atoms with E-state index in [9.17, 15) is 18.0 Å². The molecule has 0 radical (unpaired) electrons. The van der Waals surface area contributed by atoms with Gasteiger partial charge in [0.05, 0.1) is 11.9 Å². The van der Waals surface area contributed by atoms with E-state index in [1.807, 2.05) is 5.43 Å². The van der Waals surface area contributed by atoms with Crippen LogP contribution in [0.5, 0.6) is 0 Å². The number of rotatable bonds is 2. The van der Waals surface area contributed by atoms with Crippen molar-refractivity contribution in [2.75, 3.05) is 5.43 Å². The first kappa shape index (κ1) is 12.7. The molecule has 0 saturated heterocycles. The first-order chi connectivity index (χ1) is 7.30. The molecular weight excluding hydrogens is 293 g/mol. The third-order valence-corrected chi connectivity index (χ3v) is 1.85. The Balaban J connectivity index is 2.65. The van der Waals surface area contributed by atoms with Gasteiger partial charge in [-0.2, -0.15) is 13.2 Å². The predicted molar refractivity (Wildman–Crippen MR) is 52.3 cm³/mol. The lowest BCUT2D eigenvalue weighted by Crippen LogP contribution is -2.40. The number of carbonyl (C=O) groups excluding carboxylic acids is 1. The number of nitrogens with zero attached hydrogens (tertiary/aromatic N) is 2. The molecule has 0 aromatic carbocycles. The highest BCUT2D eigenvalue weighted by Gasteiger charge is 2.38. The quantitative estimate of drug-likeness (QED) is 0.813. The van der Waals surface area contributed by atoms with E-state index < -0.39 is 12.1 Å². The third-order valence-electron chi connectivity index (χ3n) is 1.47. The van der Waals surface area contributed by atoms with Gasteiger partial charge < -0.3 is 0 Å². The molecule has 0 bridgehead atoms. The first-order valence-electron chi connectivity index (χ1n) is 3.93. The molecule has 0 aliphatic carbocycles. The number of hydrogen-bond acceptors (Lipinski definition) is 4. The average Bonchev–Trinajstić information content (AvgIpc) is 2.14. The van der Waals surface area contributed by atoms with Crippen molar-refractivity contribution < 1.29 is 18.0 Å². The number of alkyl halides is 3. The van der Waals surface area contributed by atoms with Gasteiger partial charge in [0, 0.05) is 0 Å². The smallest absolute Gasteiger partial charge is 0.280 e. The minimum Gasteiger partial charge on any atom is -0.280 e. The summed E-state index contributed by atoms with van der Waals surface area (Å²) in [5.74, 6) is -2.06. The second-order valence-corrected chi connectivity index (χ2v) is 3.52. The molecule has 0 atom stereocenters. The molecule has 16 heavy (non-hydrogen) atoms. The Morgan fingerprint density at radius 1 is 1.50 bits per heavy atom. The van der Waals surface area contributed by atoms with E-state index in [4.69, 9.17) is 0 Å². The summed E-state index contributed by atoms with van der Waals surface area (Å²) in [7, 11) is 0. The summed E-state index contributed by atoms with van der Waals surface area (Å²) in [6.45, 7) is 1.53. The van der Waals surface area contributed by atoms with Crippen molar-refractivity contribution in [3.8, 4) is 0 Å². The minimum absolute atomic E-state index is 0.0424. The maximum Gasteiger partial charge on any atom is 0.472 e. The number of anilines is 1. The van der Waals surface area contributed by atoms with Gasteiger partial charge in [0.2, 0.25) is 0 Å². The topological polar surface area (TPSA) is 66.9 Å². The lowest BCUT2D eigenvalue weighted by molar-refractivity contribution is -0.173. The highest BCUT2D eigenvalue weighted by atomic mass is 79.9. The summed E-state index contributed by atoms with van der Waals surface area (Å²) in [6.07, 6.45) is -3.65. The predicted octanol–water partition coefficient (Wildman–Crippen LogP) is 1.55. The largest absolute Gasteiger partial charge is 0.472 e. The molecule has 0 saturated carbocycles. The van der Waals surface area contributed by atoms with Crippen LogP contribution in [0, 0.1) is 6.92 Å². The fourth-order valence-corrected chi connectivity index (χ4v) is 1.13. The number of halogens is 4. The number of aromatic nitrogens is 2. The first-order valence-corrected chi connectivity index (χ1v) is 4.72. The maximum absolute atomic E-state index is 11.8. The van der Waals surface area contributed by atoms with Crippen LogP contribution < -0.4 is 10.9 Å². The molecular formula is C7H6BrF3N4O. The van der Waals surface area contributed by atoms with E-state index >= 15 is 0 Å². The molecule has 0 fully saturated rings. The Labute approximate surface area is 96.6 Å². The van der Waals surface area contributed by atoms with Gasteiger partial charge in [0.25, 0.3) is 0 Å². The second kappa shape index (κ2) is 4.64. The zero-order valence-corrected chi connectivity index (χ0v) is 9.48. The lowest BCUT2D eigenvalue weighted by Gasteiger charge is -2.10. The van der Waals surface area contributed by atoms with E-state index in [1.165, 1.54) is 18.5 Å². The van der Waals surface area contributed by atoms with Crippen molar-refractivity contribution >= 4 is 27.7 Å². The van der Waals surface area contributed by atoms with Crippen molar-refractivity contribution in [3.05, 3.63) is 16.5 Å². The molecule has 2 N–H and O–H groups in total. The summed E-state index contributed by atoms with van der Waals surface area (Å²) in [4.78, 5) is 18.1. The van der Waals surface area contributed by atoms with Crippen LogP contribution in [-0.4, -0.2) is 22.1 Å². The molecule has 1 rings (SSSR count). The number of nitrogens with one attached hydrogen (secondary N) is 2. The zero-order valence-electron chi connectivity index (χ0n) is 7.89. The number of aryl methyl sites for hydroxylation is 1. The Bertz CT molecular complexity index is 409. The summed E-state index contributed by atoms with van der Waals surface area (Å²) < 4.78 is 35.9. The number of hydrogen-bond donors (Lipinski definition) is 2. The summed E-state index contributed by atoms with van der Waals surface area (Å²) in [5.41, 5.74) is 3.84. The Morgan fingerprint density at radius 3 is 2.62 bits per heavy atom. The van der Waals surface area contributed by atoms with Crippen LogP contribution in [0.2, 0.25) is 0 Å². The lowest BCUT2D eigenvalue weighted by atomic mass is 10.4. The van der Waals surface area contributed by atoms with Gasteiger partial charge >= 0.3 is 12.1 Å². The molecule has 1 heterocycles. The molecule has 5 nitrogen and oxygen atoms in total. The molecule has 1 amide bonds. The van der Waals surface area contributed by atoms with E-state index in [1.54, 1.807) is 0 Å². The van der Waals surface area contributed by atoms with Gasteiger partial charge in [0.15, 0.2) is 5.82 Å². The standard InChI is InChI=1S/C7H6BrF3N4O/c1-3-5(12-2-4(8)13-3)14-15-6(16)7(9,10)11/h2H,1H3,(H,12,14)(H,15,16). The van der Waals surface area contributed by atoms with E-state index in [0.717, 1.165) is 0 Å². The van der Waals surface area contributed by atoms with Gasteiger partial charge in [-0.1, -0.05) is 0 Å². The van der Waals surface area contributed by atoms with Crippen molar-refractivity contribution in [3.63, 3.8) is 0 Å². The van der Waals surface area contributed by atoms with Gasteiger partial charge in [-0.3, -0.25) is 15.6 Å². The molecule has 1 aromatic rings. The Hall–Kier alpha value is -1.38. The van der Waals surface area contributed by atoms with Gasteiger partial charge in [0.1, 0.15) is 4.60 Å². The highest BCUT2D eigenvalue weighted by molar-refractivity contribution is 9.10. The van der Waals surface area contributed by atoms with Crippen LogP contribution in [0.3, 0.4) is 0 Å². The van der Waals surface area contributed by atoms with E-state index in [-0.39, 0.29) is 5.82 Å². The van der Waals surface area contributed by atoms with Crippen LogP contribution in [0.4, 0.5) is 19.0 Å². The summed E-state index contributed by atoms with van der Waals surface area (Å²) in [5, 5.41) is 0. The fraction of sp³-hybridized carbons (Fsp3) is 0.286. The second-order valence-electron chi connectivity index (χ2n) is 2.70. The normalized spacial score (nSPS) is 11.1. The number of amides is 1. The SMILES string of the molecule is Cc1nc(Br)cnc1NNC(=O)C(F)(F)F. The molecule has 0 spiro atoms. The molecule has 0 aliphatic heterocycles. The molecule has 0 unspecified atom stereocenters. The maximum atomic E-state index is 11.8. The Kier molecular flexibility index (Phi) is 3.68.